The maximum atomic E-state index is 7.58. The SMILES string of the molecule is C=C(C)[C@H]1C[C@H](O[Si](c2ccccc2)(c2ccccc2)C(C)(C)C)[C@H](C)[C@H]1COCc1ccc(OC)cc1. The lowest BCUT2D eigenvalue weighted by Gasteiger charge is -2.45. The minimum absolute atomic E-state index is 0.0445. The molecule has 0 unspecified atom stereocenters. The van der Waals surface area contributed by atoms with Crippen molar-refractivity contribution in [1.82, 2.24) is 0 Å². The van der Waals surface area contributed by atoms with E-state index in [4.69, 9.17) is 13.9 Å². The van der Waals surface area contributed by atoms with E-state index in [1.54, 1.807) is 7.11 Å². The van der Waals surface area contributed by atoms with Crippen molar-refractivity contribution in [3.8, 4) is 5.75 Å². The Labute approximate surface area is 231 Å². The van der Waals surface area contributed by atoms with Gasteiger partial charge in [0.1, 0.15) is 5.75 Å². The molecule has 4 rings (SSSR count). The summed E-state index contributed by atoms with van der Waals surface area (Å²) in [6.07, 6.45) is 1.12. The highest BCUT2D eigenvalue weighted by Crippen LogP contribution is 2.46. The highest BCUT2D eigenvalue weighted by molar-refractivity contribution is 6.99. The van der Waals surface area contributed by atoms with Crippen molar-refractivity contribution >= 4 is 18.7 Å². The van der Waals surface area contributed by atoms with Crippen LogP contribution in [0.5, 0.6) is 5.75 Å². The quantitative estimate of drug-likeness (QED) is 0.209. The van der Waals surface area contributed by atoms with Crippen LogP contribution in [0.15, 0.2) is 97.1 Å². The standard InChI is InChI=1S/C34H44O3Si/c1-25(2)31-22-33(26(3)32(31)24-36-23-27-18-20-28(35-7)21-19-27)37-38(34(4,5)6,29-14-10-8-11-15-29)30-16-12-9-13-17-30/h8-21,26,31-33H,1,22-24H2,2-7H3/t26-,31-,32-,33+/m1/s1. The maximum Gasteiger partial charge on any atom is 0.261 e. The van der Waals surface area contributed by atoms with Crippen LogP contribution < -0.4 is 15.1 Å². The molecular formula is C34H44O3Si. The Morgan fingerprint density at radius 2 is 1.45 bits per heavy atom. The van der Waals surface area contributed by atoms with E-state index in [9.17, 15) is 0 Å². The van der Waals surface area contributed by atoms with Crippen LogP contribution in [0, 0.1) is 17.8 Å². The smallest absolute Gasteiger partial charge is 0.261 e. The predicted octanol–water partition coefficient (Wildman–Crippen LogP) is 7.01. The van der Waals surface area contributed by atoms with Gasteiger partial charge in [-0.05, 0) is 64.2 Å². The van der Waals surface area contributed by atoms with Gasteiger partial charge < -0.3 is 13.9 Å². The third-order valence-corrected chi connectivity index (χ3v) is 13.4. The molecule has 0 radical (unpaired) electrons. The first-order valence-electron chi connectivity index (χ1n) is 13.8. The van der Waals surface area contributed by atoms with Crippen LogP contribution in [0.1, 0.15) is 46.6 Å². The molecular weight excluding hydrogens is 484 g/mol. The molecule has 3 aromatic carbocycles. The topological polar surface area (TPSA) is 27.7 Å². The fourth-order valence-corrected chi connectivity index (χ4v) is 11.0. The Morgan fingerprint density at radius 1 is 0.895 bits per heavy atom. The summed E-state index contributed by atoms with van der Waals surface area (Å²) < 4.78 is 19.2. The van der Waals surface area contributed by atoms with Crippen molar-refractivity contribution < 1.29 is 13.9 Å². The second-order valence-corrected chi connectivity index (χ2v) is 16.1. The second-order valence-electron chi connectivity index (χ2n) is 11.9. The minimum atomic E-state index is -2.63. The molecule has 0 heterocycles. The molecule has 0 amide bonds. The molecule has 4 heteroatoms. The Balaban J connectivity index is 1.61. The van der Waals surface area contributed by atoms with Gasteiger partial charge in [-0.1, -0.05) is 113 Å². The molecule has 4 atom stereocenters. The van der Waals surface area contributed by atoms with Crippen LogP contribution in [0.2, 0.25) is 5.04 Å². The van der Waals surface area contributed by atoms with Gasteiger partial charge in [0.25, 0.3) is 8.32 Å². The van der Waals surface area contributed by atoms with E-state index in [1.165, 1.54) is 15.9 Å². The molecule has 3 nitrogen and oxygen atoms in total. The summed E-state index contributed by atoms with van der Waals surface area (Å²) in [5.41, 5.74) is 2.38. The molecule has 0 spiro atoms. The third-order valence-electron chi connectivity index (χ3n) is 8.38. The fraction of sp³-hybridized carbons (Fsp3) is 0.412. The van der Waals surface area contributed by atoms with Crippen molar-refractivity contribution in [2.45, 2.75) is 58.8 Å². The van der Waals surface area contributed by atoms with Gasteiger partial charge in [-0.25, -0.2) is 0 Å². The van der Waals surface area contributed by atoms with Gasteiger partial charge in [-0.3, -0.25) is 0 Å². The molecule has 0 bridgehead atoms. The molecule has 3 aromatic rings. The number of methoxy groups -OCH3 is 1. The van der Waals surface area contributed by atoms with Crippen LogP contribution in [-0.4, -0.2) is 28.1 Å². The van der Waals surface area contributed by atoms with Gasteiger partial charge in [0.2, 0.25) is 0 Å². The summed E-state index contributed by atoms with van der Waals surface area (Å²) in [5.74, 6) is 1.97. The average Bonchev–Trinajstić information content (AvgIpc) is 3.23. The van der Waals surface area contributed by atoms with Gasteiger partial charge >= 0.3 is 0 Å². The Morgan fingerprint density at radius 3 is 1.92 bits per heavy atom. The minimum Gasteiger partial charge on any atom is -0.497 e. The Bertz CT molecular complexity index is 1130. The van der Waals surface area contributed by atoms with Crippen LogP contribution in [0.3, 0.4) is 0 Å². The molecule has 1 aliphatic carbocycles. The zero-order valence-corrected chi connectivity index (χ0v) is 24.9. The van der Waals surface area contributed by atoms with E-state index in [2.05, 4.69) is 114 Å². The highest BCUT2D eigenvalue weighted by atomic mass is 28.4. The zero-order chi connectivity index (χ0) is 27.3. The summed E-state index contributed by atoms with van der Waals surface area (Å²) in [7, 11) is -0.935. The molecule has 1 fully saturated rings. The molecule has 38 heavy (non-hydrogen) atoms. The van der Waals surface area contributed by atoms with Gasteiger partial charge in [0, 0.05) is 6.10 Å². The number of ether oxygens (including phenoxy) is 2. The average molecular weight is 529 g/mol. The Hall–Kier alpha value is -2.66. The first-order valence-corrected chi connectivity index (χ1v) is 15.7. The first-order chi connectivity index (χ1) is 18.2. The van der Waals surface area contributed by atoms with E-state index in [1.807, 2.05) is 12.1 Å². The number of hydrogen-bond donors (Lipinski definition) is 0. The lowest BCUT2D eigenvalue weighted by molar-refractivity contribution is 0.0533. The summed E-state index contributed by atoms with van der Waals surface area (Å²) in [4.78, 5) is 0. The highest BCUT2D eigenvalue weighted by Gasteiger charge is 2.54. The van der Waals surface area contributed by atoms with Crippen LogP contribution in [-0.2, 0) is 15.8 Å². The van der Waals surface area contributed by atoms with Crippen molar-refractivity contribution in [2.24, 2.45) is 17.8 Å². The van der Waals surface area contributed by atoms with Gasteiger partial charge in [0.05, 0.1) is 20.3 Å². The number of benzene rings is 3. The lowest BCUT2D eigenvalue weighted by atomic mass is 9.87. The molecule has 202 valence electrons. The summed E-state index contributed by atoms with van der Waals surface area (Å²) in [5, 5.41) is 2.62. The number of hydrogen-bond acceptors (Lipinski definition) is 3. The van der Waals surface area contributed by atoms with Gasteiger partial charge in [0.15, 0.2) is 0 Å². The lowest BCUT2D eigenvalue weighted by Crippen LogP contribution is -2.68. The first kappa shape index (κ1) is 28.3. The van der Waals surface area contributed by atoms with Crippen molar-refractivity contribution in [1.29, 1.82) is 0 Å². The molecule has 0 aliphatic heterocycles. The van der Waals surface area contributed by atoms with Crippen molar-refractivity contribution in [2.75, 3.05) is 13.7 Å². The van der Waals surface area contributed by atoms with Crippen LogP contribution in [0.4, 0.5) is 0 Å². The fourth-order valence-electron chi connectivity index (χ4n) is 6.22. The molecule has 0 saturated heterocycles. The predicted molar refractivity (Wildman–Crippen MR) is 161 cm³/mol. The van der Waals surface area contributed by atoms with Gasteiger partial charge in [-0.15, -0.1) is 0 Å². The molecule has 0 aromatic heterocycles. The largest absolute Gasteiger partial charge is 0.497 e. The number of rotatable bonds is 10. The molecule has 0 N–H and O–H groups in total. The summed E-state index contributed by atoms with van der Waals surface area (Å²) >= 11 is 0. The Kier molecular flexibility index (Phi) is 8.97. The van der Waals surface area contributed by atoms with E-state index in [0.717, 1.165) is 17.7 Å². The number of allylic oxidation sites excluding steroid dienone is 1. The van der Waals surface area contributed by atoms with Crippen LogP contribution in [0.25, 0.3) is 0 Å². The van der Waals surface area contributed by atoms with Gasteiger partial charge in [-0.2, -0.15) is 0 Å². The maximum absolute atomic E-state index is 7.58. The van der Waals surface area contributed by atoms with E-state index < -0.39 is 8.32 Å². The van der Waals surface area contributed by atoms with Crippen molar-refractivity contribution in [3.63, 3.8) is 0 Å². The van der Waals surface area contributed by atoms with E-state index >= 15 is 0 Å². The molecule has 1 aliphatic rings. The van der Waals surface area contributed by atoms with E-state index in [-0.39, 0.29) is 11.1 Å². The third kappa shape index (κ3) is 5.83. The summed E-state index contributed by atoms with van der Waals surface area (Å²) in [6, 6.07) is 30.0. The normalized spacial score (nSPS) is 21.8. The molecule has 1 saturated carbocycles. The second kappa shape index (κ2) is 12.0. The monoisotopic (exact) mass is 528 g/mol. The zero-order valence-electron chi connectivity index (χ0n) is 23.9. The summed E-state index contributed by atoms with van der Waals surface area (Å²) in [6.45, 7) is 17.3. The van der Waals surface area contributed by atoms with Crippen LogP contribution >= 0.6 is 0 Å². The van der Waals surface area contributed by atoms with Crippen molar-refractivity contribution in [3.05, 3.63) is 103 Å². The van der Waals surface area contributed by atoms with E-state index in [0.29, 0.717) is 31.0 Å².